The summed E-state index contributed by atoms with van der Waals surface area (Å²) in [7, 11) is 1.44. The van der Waals surface area contributed by atoms with Crippen LogP contribution in [-0.4, -0.2) is 37.5 Å². The molecule has 1 aromatic carbocycles. The highest BCUT2D eigenvalue weighted by Crippen LogP contribution is 2.29. The lowest BCUT2D eigenvalue weighted by atomic mass is 10.2. The van der Waals surface area contributed by atoms with E-state index in [0.717, 1.165) is 12.3 Å². The van der Waals surface area contributed by atoms with Gasteiger partial charge in [0.25, 0.3) is 0 Å². The van der Waals surface area contributed by atoms with Crippen molar-refractivity contribution in [1.29, 1.82) is 0 Å². The Balaban J connectivity index is 1.99. The highest BCUT2D eigenvalue weighted by molar-refractivity contribution is 5.81. The lowest BCUT2D eigenvalue weighted by Gasteiger charge is -2.10. The van der Waals surface area contributed by atoms with Gasteiger partial charge in [0.05, 0.1) is 25.5 Å². The maximum Gasteiger partial charge on any atom is 0.417 e. The molecule has 2 aromatic rings. The average Bonchev–Trinajstić information content (AvgIpc) is 2.66. The second kappa shape index (κ2) is 9.58. The molecule has 0 unspecified atom stereocenters. The number of aromatic nitrogens is 1. The van der Waals surface area contributed by atoms with E-state index in [2.05, 4.69) is 15.5 Å². The summed E-state index contributed by atoms with van der Waals surface area (Å²) >= 11 is 0. The van der Waals surface area contributed by atoms with Crippen LogP contribution in [-0.2, 0) is 15.7 Å². The van der Waals surface area contributed by atoms with Gasteiger partial charge in [-0.1, -0.05) is 0 Å². The van der Waals surface area contributed by atoms with Crippen LogP contribution in [0.15, 0.2) is 41.6 Å². The Hall–Kier alpha value is -3.30. The summed E-state index contributed by atoms with van der Waals surface area (Å²) in [5, 5.41) is 3.92. The summed E-state index contributed by atoms with van der Waals surface area (Å²) in [4.78, 5) is 15.0. The number of hydrazone groups is 1. The van der Waals surface area contributed by atoms with E-state index in [1.54, 1.807) is 25.1 Å². The number of alkyl halides is 3. The molecule has 0 saturated carbocycles. The maximum atomic E-state index is 12.5. The van der Waals surface area contributed by atoms with Crippen LogP contribution in [0.4, 0.5) is 19.0 Å². The summed E-state index contributed by atoms with van der Waals surface area (Å²) in [6, 6.07) is 6.95. The van der Waals surface area contributed by atoms with Gasteiger partial charge in [-0.05, 0) is 42.8 Å². The van der Waals surface area contributed by atoms with Gasteiger partial charge in [-0.25, -0.2) is 9.78 Å². The fraction of sp³-hybridized carbons (Fsp3) is 0.278. The van der Waals surface area contributed by atoms with E-state index in [4.69, 9.17) is 14.2 Å². The molecule has 0 aliphatic heterocycles. The molecule has 0 bridgehead atoms. The smallest absolute Gasteiger partial charge is 0.417 e. The molecule has 2 rings (SSSR count). The molecule has 7 nitrogen and oxygen atoms in total. The molecule has 0 saturated heterocycles. The van der Waals surface area contributed by atoms with Gasteiger partial charge in [-0.2, -0.15) is 18.3 Å². The molecule has 1 heterocycles. The molecule has 28 heavy (non-hydrogen) atoms. The first-order valence-corrected chi connectivity index (χ1v) is 8.12. The summed E-state index contributed by atoms with van der Waals surface area (Å²) in [5.41, 5.74) is 2.32. The zero-order valence-electron chi connectivity index (χ0n) is 15.1. The molecule has 10 heteroatoms. The standard InChI is InChI=1S/C18H18F3N3O4/c1-3-27-17(25)11-28-14-6-4-12(8-15(14)26-2)9-23-24-16-7-5-13(10-22-16)18(19,20)21/h4-10H,3,11H2,1-2H3,(H,22,24)/b23-9-. The highest BCUT2D eigenvalue weighted by atomic mass is 19.4. The van der Waals surface area contributed by atoms with Gasteiger partial charge >= 0.3 is 12.1 Å². The molecule has 1 N–H and O–H groups in total. The van der Waals surface area contributed by atoms with Crippen molar-refractivity contribution in [2.45, 2.75) is 13.1 Å². The topological polar surface area (TPSA) is 82.0 Å². The number of ether oxygens (including phenoxy) is 3. The minimum atomic E-state index is -4.44. The maximum absolute atomic E-state index is 12.5. The number of carbonyl (C=O) groups is 1. The van der Waals surface area contributed by atoms with Gasteiger partial charge in [0.1, 0.15) is 5.82 Å². The van der Waals surface area contributed by atoms with Crippen LogP contribution >= 0.6 is 0 Å². The van der Waals surface area contributed by atoms with Crippen molar-refractivity contribution in [1.82, 2.24) is 4.98 Å². The quantitative estimate of drug-likeness (QED) is 0.417. The number of benzene rings is 1. The lowest BCUT2D eigenvalue weighted by Crippen LogP contribution is -2.14. The number of esters is 1. The Morgan fingerprint density at radius 1 is 1.25 bits per heavy atom. The lowest BCUT2D eigenvalue weighted by molar-refractivity contribution is -0.145. The fourth-order valence-corrected chi connectivity index (χ4v) is 2.02. The largest absolute Gasteiger partial charge is 0.493 e. The molecular formula is C18H18F3N3O4. The first-order valence-electron chi connectivity index (χ1n) is 8.12. The van der Waals surface area contributed by atoms with Crippen molar-refractivity contribution in [2.75, 3.05) is 25.7 Å². The number of methoxy groups -OCH3 is 1. The van der Waals surface area contributed by atoms with Crippen LogP contribution < -0.4 is 14.9 Å². The number of hydrogen-bond acceptors (Lipinski definition) is 7. The first kappa shape index (κ1) is 21.0. The number of halogens is 3. The van der Waals surface area contributed by atoms with Crippen LogP contribution in [0.25, 0.3) is 0 Å². The van der Waals surface area contributed by atoms with E-state index >= 15 is 0 Å². The van der Waals surface area contributed by atoms with E-state index in [1.807, 2.05) is 0 Å². The van der Waals surface area contributed by atoms with Gasteiger partial charge in [0.15, 0.2) is 18.1 Å². The van der Waals surface area contributed by atoms with E-state index in [1.165, 1.54) is 19.4 Å². The molecule has 0 aliphatic rings. The van der Waals surface area contributed by atoms with Crippen LogP contribution in [0, 0.1) is 0 Å². The van der Waals surface area contributed by atoms with E-state index < -0.39 is 17.7 Å². The number of nitrogens with one attached hydrogen (secondary N) is 1. The van der Waals surface area contributed by atoms with Crippen molar-refractivity contribution >= 4 is 18.0 Å². The molecule has 1 aromatic heterocycles. The Bertz CT molecular complexity index is 824. The Labute approximate surface area is 159 Å². The van der Waals surface area contributed by atoms with Gasteiger partial charge in [-0.15, -0.1) is 0 Å². The van der Waals surface area contributed by atoms with Gasteiger partial charge in [-0.3, -0.25) is 5.43 Å². The Morgan fingerprint density at radius 3 is 2.64 bits per heavy atom. The number of anilines is 1. The van der Waals surface area contributed by atoms with Crippen LogP contribution in [0.1, 0.15) is 18.1 Å². The number of pyridine rings is 1. The van der Waals surface area contributed by atoms with Crippen molar-refractivity contribution in [3.05, 3.63) is 47.7 Å². The fourth-order valence-electron chi connectivity index (χ4n) is 2.02. The molecule has 0 fully saturated rings. The van der Waals surface area contributed by atoms with Crippen molar-refractivity contribution in [2.24, 2.45) is 5.10 Å². The van der Waals surface area contributed by atoms with E-state index in [9.17, 15) is 18.0 Å². The van der Waals surface area contributed by atoms with Gasteiger partial charge < -0.3 is 14.2 Å². The zero-order chi connectivity index (χ0) is 20.6. The molecular weight excluding hydrogens is 379 g/mol. The van der Waals surface area contributed by atoms with Crippen LogP contribution in [0.2, 0.25) is 0 Å². The normalized spacial score (nSPS) is 11.3. The van der Waals surface area contributed by atoms with Crippen molar-refractivity contribution in [3.63, 3.8) is 0 Å². The Morgan fingerprint density at radius 2 is 2.04 bits per heavy atom. The second-order valence-electron chi connectivity index (χ2n) is 5.30. The predicted molar refractivity (Wildman–Crippen MR) is 95.6 cm³/mol. The molecule has 0 atom stereocenters. The van der Waals surface area contributed by atoms with E-state index in [0.29, 0.717) is 17.1 Å². The SMILES string of the molecule is CCOC(=O)COc1ccc(/C=N\Nc2ccc(C(F)(F)F)cn2)cc1OC. The average molecular weight is 397 g/mol. The van der Waals surface area contributed by atoms with E-state index in [-0.39, 0.29) is 19.0 Å². The third kappa shape index (κ3) is 6.15. The summed E-state index contributed by atoms with van der Waals surface area (Å²) < 4.78 is 52.8. The Kier molecular flexibility index (Phi) is 7.19. The zero-order valence-corrected chi connectivity index (χ0v) is 15.1. The highest BCUT2D eigenvalue weighted by Gasteiger charge is 2.30. The van der Waals surface area contributed by atoms with Gasteiger partial charge in [0.2, 0.25) is 0 Å². The van der Waals surface area contributed by atoms with Crippen LogP contribution in [0.3, 0.4) is 0 Å². The van der Waals surface area contributed by atoms with Gasteiger partial charge in [0, 0.05) is 6.20 Å². The minimum Gasteiger partial charge on any atom is -0.493 e. The summed E-state index contributed by atoms with van der Waals surface area (Å²) in [6.45, 7) is 1.70. The summed E-state index contributed by atoms with van der Waals surface area (Å²) in [6.07, 6.45) is -2.30. The summed E-state index contributed by atoms with van der Waals surface area (Å²) in [5.74, 6) is 0.389. The molecule has 0 spiro atoms. The molecule has 0 radical (unpaired) electrons. The third-order valence-corrected chi connectivity index (χ3v) is 3.32. The first-order chi connectivity index (χ1) is 13.3. The monoisotopic (exact) mass is 397 g/mol. The molecule has 150 valence electrons. The number of nitrogens with zero attached hydrogens (tertiary/aromatic N) is 2. The third-order valence-electron chi connectivity index (χ3n) is 3.32. The second-order valence-corrected chi connectivity index (χ2v) is 5.30. The molecule has 0 amide bonds. The van der Waals surface area contributed by atoms with Crippen molar-refractivity contribution < 1.29 is 32.2 Å². The number of carbonyl (C=O) groups excluding carboxylic acids is 1. The van der Waals surface area contributed by atoms with Crippen molar-refractivity contribution in [3.8, 4) is 11.5 Å². The predicted octanol–water partition coefficient (Wildman–Crippen LogP) is 3.50. The minimum absolute atomic E-state index is 0.158. The number of rotatable bonds is 8. The van der Waals surface area contributed by atoms with Crippen LogP contribution in [0.5, 0.6) is 11.5 Å². The number of hydrogen-bond donors (Lipinski definition) is 1. The molecule has 0 aliphatic carbocycles.